The number of hydrogen-bond donors (Lipinski definition) is 2. The van der Waals surface area contributed by atoms with Crippen molar-refractivity contribution in [1.29, 1.82) is 0 Å². The van der Waals surface area contributed by atoms with Gasteiger partial charge in [-0.05, 0) is 55.3 Å². The van der Waals surface area contributed by atoms with Crippen LogP contribution < -0.4 is 15.4 Å². The Hall–Kier alpha value is -4.22. The Morgan fingerprint density at radius 2 is 1.71 bits per heavy atom. The van der Waals surface area contributed by atoms with Gasteiger partial charge in [-0.1, -0.05) is 6.07 Å². The van der Waals surface area contributed by atoms with E-state index >= 15 is 0 Å². The van der Waals surface area contributed by atoms with Crippen LogP contribution >= 0.6 is 0 Å². The van der Waals surface area contributed by atoms with Gasteiger partial charge in [0.15, 0.2) is 0 Å². The van der Waals surface area contributed by atoms with Crippen molar-refractivity contribution in [3.8, 4) is 5.75 Å². The lowest BCUT2D eigenvalue weighted by molar-refractivity contribution is -0.274. The van der Waals surface area contributed by atoms with Crippen LogP contribution in [-0.2, 0) is 16.1 Å². The van der Waals surface area contributed by atoms with Crippen LogP contribution in [0, 0.1) is 0 Å². The van der Waals surface area contributed by atoms with E-state index in [1.165, 1.54) is 37.3 Å². The summed E-state index contributed by atoms with van der Waals surface area (Å²) in [4.78, 5) is 63.1. The van der Waals surface area contributed by atoms with Crippen LogP contribution in [-0.4, -0.2) is 46.3 Å². The van der Waals surface area contributed by atoms with Crippen LogP contribution in [0.2, 0.25) is 0 Å². The monoisotopic (exact) mass is 489 g/mol. The maximum atomic E-state index is 13.0. The summed E-state index contributed by atoms with van der Waals surface area (Å²) < 4.78 is 40.5. The molecule has 0 radical (unpaired) electrons. The molecule has 4 rings (SSSR count). The summed E-state index contributed by atoms with van der Waals surface area (Å²) in [6.07, 6.45) is -4.86. The molecule has 0 saturated carbocycles. The number of ether oxygens (including phenoxy) is 1. The van der Waals surface area contributed by atoms with E-state index in [1.54, 1.807) is 0 Å². The first-order chi connectivity index (χ1) is 16.4. The third-order valence-corrected chi connectivity index (χ3v) is 5.83. The number of carbonyl (C=O) groups is 5. The van der Waals surface area contributed by atoms with Crippen LogP contribution in [0.1, 0.15) is 56.4 Å². The van der Waals surface area contributed by atoms with E-state index in [-0.39, 0.29) is 36.1 Å². The van der Waals surface area contributed by atoms with Crippen molar-refractivity contribution < 1.29 is 41.9 Å². The van der Waals surface area contributed by atoms with Crippen LogP contribution in [0.5, 0.6) is 5.75 Å². The highest BCUT2D eigenvalue weighted by atomic mass is 19.4. The molecule has 5 amide bonds. The van der Waals surface area contributed by atoms with Crippen molar-refractivity contribution in [2.45, 2.75) is 38.2 Å². The quantitative estimate of drug-likeness (QED) is 0.622. The van der Waals surface area contributed by atoms with E-state index in [9.17, 15) is 37.1 Å². The SMILES string of the molecule is C[C@]1(N2C(=O)c3ccc(CNC(=O)c4ccc(OC(F)(F)F)cc4)cc3C2=O)CCC(=O)NC1=O. The number of nitrogens with one attached hydrogen (secondary N) is 2. The Kier molecular flexibility index (Phi) is 5.83. The molecule has 0 unspecified atom stereocenters. The number of alkyl halides is 3. The third kappa shape index (κ3) is 4.59. The average Bonchev–Trinajstić information content (AvgIpc) is 3.04. The minimum atomic E-state index is -4.85. The molecule has 2 heterocycles. The van der Waals surface area contributed by atoms with Gasteiger partial charge in [-0.15, -0.1) is 13.2 Å². The van der Waals surface area contributed by atoms with Gasteiger partial charge in [0.1, 0.15) is 11.3 Å². The summed E-state index contributed by atoms with van der Waals surface area (Å²) in [5.41, 5.74) is -0.802. The molecular formula is C23H18F3N3O6. The first-order valence-electron chi connectivity index (χ1n) is 10.4. The van der Waals surface area contributed by atoms with E-state index in [2.05, 4.69) is 15.4 Å². The van der Waals surface area contributed by atoms with Gasteiger partial charge < -0.3 is 10.1 Å². The van der Waals surface area contributed by atoms with Crippen LogP contribution in [0.15, 0.2) is 42.5 Å². The van der Waals surface area contributed by atoms with Crippen molar-refractivity contribution in [2.75, 3.05) is 0 Å². The van der Waals surface area contributed by atoms with Crippen LogP contribution in [0.4, 0.5) is 13.2 Å². The molecule has 9 nitrogen and oxygen atoms in total. The Morgan fingerprint density at radius 1 is 1.06 bits per heavy atom. The number of benzene rings is 2. The Balaban J connectivity index is 1.45. The lowest BCUT2D eigenvalue weighted by Gasteiger charge is -2.38. The number of carbonyl (C=O) groups excluding carboxylic acids is 5. The zero-order chi connectivity index (χ0) is 25.5. The molecule has 2 aromatic carbocycles. The van der Waals surface area contributed by atoms with Gasteiger partial charge in [0.2, 0.25) is 5.91 Å². The topological polar surface area (TPSA) is 122 Å². The Bertz CT molecular complexity index is 1260. The van der Waals surface area contributed by atoms with Crippen LogP contribution in [0.3, 0.4) is 0 Å². The molecular weight excluding hydrogens is 471 g/mol. The zero-order valence-corrected chi connectivity index (χ0v) is 18.2. The normalized spacial score (nSPS) is 19.9. The fourth-order valence-corrected chi connectivity index (χ4v) is 3.95. The highest BCUT2D eigenvalue weighted by Crippen LogP contribution is 2.34. The molecule has 1 fully saturated rings. The number of halogens is 3. The molecule has 35 heavy (non-hydrogen) atoms. The number of amides is 5. The maximum absolute atomic E-state index is 13.0. The predicted molar refractivity (Wildman–Crippen MR) is 112 cm³/mol. The molecule has 12 heteroatoms. The fraction of sp³-hybridized carbons (Fsp3) is 0.261. The molecule has 2 aliphatic heterocycles. The largest absolute Gasteiger partial charge is 0.573 e. The van der Waals surface area contributed by atoms with Gasteiger partial charge in [0.25, 0.3) is 23.6 Å². The van der Waals surface area contributed by atoms with Gasteiger partial charge in [-0.2, -0.15) is 0 Å². The molecule has 0 bridgehead atoms. The molecule has 1 saturated heterocycles. The number of nitrogens with zero attached hydrogens (tertiary/aromatic N) is 1. The minimum absolute atomic E-state index is 0.00114. The molecule has 0 aliphatic carbocycles. The number of rotatable bonds is 5. The van der Waals surface area contributed by atoms with Gasteiger partial charge in [-0.3, -0.25) is 34.2 Å². The molecule has 1 atom stereocenters. The lowest BCUT2D eigenvalue weighted by Crippen LogP contribution is -2.62. The Labute approximate surface area is 196 Å². The molecule has 2 aliphatic rings. The Morgan fingerprint density at radius 3 is 2.34 bits per heavy atom. The molecule has 0 spiro atoms. The second kappa shape index (κ2) is 8.53. The second-order valence-electron chi connectivity index (χ2n) is 8.23. The van der Waals surface area contributed by atoms with Crippen LogP contribution in [0.25, 0.3) is 0 Å². The summed E-state index contributed by atoms with van der Waals surface area (Å²) in [6.45, 7) is 1.38. The molecule has 2 aromatic rings. The van der Waals surface area contributed by atoms with E-state index < -0.39 is 47.2 Å². The second-order valence-corrected chi connectivity index (χ2v) is 8.23. The number of imide groups is 2. The first kappa shape index (κ1) is 23.9. The highest BCUT2D eigenvalue weighted by molar-refractivity contribution is 6.24. The first-order valence-corrected chi connectivity index (χ1v) is 10.4. The predicted octanol–water partition coefficient (Wildman–Crippen LogP) is 2.31. The minimum Gasteiger partial charge on any atom is -0.406 e. The third-order valence-electron chi connectivity index (χ3n) is 5.83. The van der Waals surface area contributed by atoms with E-state index in [0.29, 0.717) is 5.56 Å². The number of hydrogen-bond acceptors (Lipinski definition) is 6. The highest BCUT2D eigenvalue weighted by Gasteiger charge is 2.52. The smallest absolute Gasteiger partial charge is 0.406 e. The standard InChI is InChI=1S/C23H18F3N3O6/c1-22(9-8-17(30)28-21(22)34)29-19(32)15-7-2-12(10-16(15)20(29)33)11-27-18(31)13-3-5-14(6-4-13)35-23(24,25)26/h2-7,10H,8-9,11H2,1H3,(H,27,31)(H,28,30,34)/t22-/m0/s1. The summed E-state index contributed by atoms with van der Waals surface area (Å²) in [6, 6.07) is 8.71. The van der Waals surface area contributed by atoms with Crippen molar-refractivity contribution in [2.24, 2.45) is 0 Å². The lowest BCUT2D eigenvalue weighted by atomic mass is 9.89. The molecule has 0 aromatic heterocycles. The molecule has 182 valence electrons. The summed E-state index contributed by atoms with van der Waals surface area (Å²) in [5.74, 6) is -3.61. The average molecular weight is 489 g/mol. The fourth-order valence-electron chi connectivity index (χ4n) is 3.95. The summed E-state index contributed by atoms with van der Waals surface area (Å²) in [7, 11) is 0. The van der Waals surface area contributed by atoms with Gasteiger partial charge >= 0.3 is 6.36 Å². The van der Waals surface area contributed by atoms with Crippen molar-refractivity contribution in [3.05, 3.63) is 64.7 Å². The van der Waals surface area contributed by atoms with E-state index in [4.69, 9.17) is 0 Å². The summed E-state index contributed by atoms with van der Waals surface area (Å²) in [5, 5.41) is 4.73. The van der Waals surface area contributed by atoms with E-state index in [1.807, 2.05) is 0 Å². The van der Waals surface area contributed by atoms with E-state index in [0.717, 1.165) is 17.0 Å². The van der Waals surface area contributed by atoms with Gasteiger partial charge in [0, 0.05) is 18.5 Å². The zero-order valence-electron chi connectivity index (χ0n) is 18.2. The maximum Gasteiger partial charge on any atom is 0.573 e. The molecule has 2 N–H and O–H groups in total. The van der Waals surface area contributed by atoms with Crippen molar-refractivity contribution >= 4 is 29.5 Å². The number of fused-ring (bicyclic) bond motifs is 1. The van der Waals surface area contributed by atoms with Gasteiger partial charge in [-0.25, -0.2) is 0 Å². The van der Waals surface area contributed by atoms with Crippen molar-refractivity contribution in [3.63, 3.8) is 0 Å². The number of piperidine rings is 1. The van der Waals surface area contributed by atoms with Crippen molar-refractivity contribution in [1.82, 2.24) is 15.5 Å². The van der Waals surface area contributed by atoms with Gasteiger partial charge in [0.05, 0.1) is 11.1 Å². The summed E-state index contributed by atoms with van der Waals surface area (Å²) >= 11 is 0.